The zero-order chi connectivity index (χ0) is 14.9. The Morgan fingerprint density at radius 1 is 0.900 bits per heavy atom. The molecule has 2 aromatic carbocycles. The van der Waals surface area contributed by atoms with Gasteiger partial charge in [0.05, 0.1) is 16.9 Å². The lowest BCUT2D eigenvalue weighted by atomic mass is 10.1. The summed E-state index contributed by atoms with van der Waals surface area (Å²) in [5.41, 5.74) is 3.38. The van der Waals surface area contributed by atoms with E-state index in [2.05, 4.69) is 5.32 Å². The average Bonchev–Trinajstić information content (AvgIpc) is 2.34. The number of hydrogen-bond donors (Lipinski definition) is 2. The highest BCUT2D eigenvalue weighted by atomic mass is 19.4. The van der Waals surface area contributed by atoms with Gasteiger partial charge >= 0.3 is 6.18 Å². The monoisotopic (exact) mass is 288 g/mol. The quantitative estimate of drug-likeness (QED) is 0.638. The topological polar surface area (TPSA) is 38.0 Å². The minimum absolute atomic E-state index is 0.0809. The number of halogens is 5. The second-order valence-corrected chi connectivity index (χ2v) is 4.05. The molecule has 0 aliphatic carbocycles. The Kier molecular flexibility index (Phi) is 3.52. The van der Waals surface area contributed by atoms with Gasteiger partial charge in [-0.25, -0.2) is 8.78 Å². The molecular weight excluding hydrogens is 279 g/mol. The Bertz CT molecular complexity index is 637. The van der Waals surface area contributed by atoms with Gasteiger partial charge in [-0.2, -0.15) is 13.2 Å². The van der Waals surface area contributed by atoms with E-state index in [1.807, 2.05) is 0 Å². The van der Waals surface area contributed by atoms with Crippen LogP contribution in [0.4, 0.5) is 39.0 Å². The fourth-order valence-electron chi connectivity index (χ4n) is 1.64. The molecule has 0 amide bonds. The van der Waals surface area contributed by atoms with E-state index in [0.717, 1.165) is 30.3 Å². The van der Waals surface area contributed by atoms with Gasteiger partial charge in [-0.3, -0.25) is 0 Å². The number of rotatable bonds is 2. The summed E-state index contributed by atoms with van der Waals surface area (Å²) in [6, 6.07) is 5.47. The molecule has 20 heavy (non-hydrogen) atoms. The van der Waals surface area contributed by atoms with Gasteiger partial charge in [-0.1, -0.05) is 0 Å². The van der Waals surface area contributed by atoms with Crippen molar-refractivity contribution in [2.75, 3.05) is 11.1 Å². The summed E-state index contributed by atoms with van der Waals surface area (Å²) in [5.74, 6) is -1.63. The van der Waals surface area contributed by atoms with Crippen LogP contribution in [0.1, 0.15) is 5.56 Å². The van der Waals surface area contributed by atoms with E-state index >= 15 is 0 Å². The van der Waals surface area contributed by atoms with Crippen molar-refractivity contribution in [3.63, 3.8) is 0 Å². The summed E-state index contributed by atoms with van der Waals surface area (Å²) < 4.78 is 65.0. The molecular formula is C13H9F5N2. The van der Waals surface area contributed by atoms with Crippen LogP contribution in [0.25, 0.3) is 0 Å². The molecule has 0 fully saturated rings. The highest BCUT2D eigenvalue weighted by Gasteiger charge is 2.33. The maximum atomic E-state index is 13.4. The first-order chi connectivity index (χ1) is 9.27. The molecule has 0 atom stereocenters. The normalized spacial score (nSPS) is 11.4. The predicted molar refractivity (Wildman–Crippen MR) is 65.5 cm³/mol. The Labute approximate surface area is 111 Å². The van der Waals surface area contributed by atoms with Crippen LogP contribution in [-0.4, -0.2) is 0 Å². The van der Waals surface area contributed by atoms with Crippen molar-refractivity contribution in [1.29, 1.82) is 0 Å². The smallest absolute Gasteiger partial charge is 0.399 e. The highest BCUT2D eigenvalue weighted by molar-refractivity contribution is 5.67. The number of nitrogen functional groups attached to an aromatic ring is 1. The van der Waals surface area contributed by atoms with Crippen molar-refractivity contribution in [1.82, 2.24) is 0 Å². The summed E-state index contributed by atoms with van der Waals surface area (Å²) in [7, 11) is 0. The van der Waals surface area contributed by atoms with Gasteiger partial charge in [0, 0.05) is 11.8 Å². The molecule has 0 radical (unpaired) electrons. The maximum absolute atomic E-state index is 13.4. The van der Waals surface area contributed by atoms with Gasteiger partial charge in [-0.15, -0.1) is 0 Å². The fourth-order valence-corrected chi connectivity index (χ4v) is 1.64. The van der Waals surface area contributed by atoms with Gasteiger partial charge in [-0.05, 0) is 30.3 Å². The van der Waals surface area contributed by atoms with E-state index in [4.69, 9.17) is 5.73 Å². The third kappa shape index (κ3) is 2.98. The zero-order valence-electron chi connectivity index (χ0n) is 9.93. The lowest BCUT2D eigenvalue weighted by Gasteiger charge is -2.15. The third-order valence-electron chi connectivity index (χ3n) is 2.55. The summed E-state index contributed by atoms with van der Waals surface area (Å²) in [6.45, 7) is 0. The van der Waals surface area contributed by atoms with E-state index in [9.17, 15) is 22.0 Å². The van der Waals surface area contributed by atoms with Gasteiger partial charge in [0.2, 0.25) is 0 Å². The van der Waals surface area contributed by atoms with E-state index in [0.29, 0.717) is 0 Å². The predicted octanol–water partition coefficient (Wildman–Crippen LogP) is 4.31. The maximum Gasteiger partial charge on any atom is 0.418 e. The van der Waals surface area contributed by atoms with E-state index in [-0.39, 0.29) is 11.4 Å². The first kappa shape index (κ1) is 14.1. The number of hydrogen-bond acceptors (Lipinski definition) is 2. The Morgan fingerprint density at radius 3 is 2.25 bits per heavy atom. The van der Waals surface area contributed by atoms with Gasteiger partial charge < -0.3 is 11.1 Å². The number of nitrogens with one attached hydrogen (secondary N) is 1. The SMILES string of the molecule is Nc1ccc(Nc2cc(F)ccc2F)c(C(F)(F)F)c1. The molecule has 2 nitrogen and oxygen atoms in total. The molecule has 0 saturated heterocycles. The number of anilines is 3. The highest BCUT2D eigenvalue weighted by Crippen LogP contribution is 2.37. The summed E-state index contributed by atoms with van der Waals surface area (Å²) in [5, 5.41) is 2.22. The first-order valence-electron chi connectivity index (χ1n) is 5.46. The average molecular weight is 288 g/mol. The zero-order valence-corrected chi connectivity index (χ0v) is 9.93. The first-order valence-corrected chi connectivity index (χ1v) is 5.46. The van der Waals surface area contributed by atoms with Crippen LogP contribution in [0.5, 0.6) is 0 Å². The van der Waals surface area contributed by atoms with Gasteiger partial charge in [0.25, 0.3) is 0 Å². The third-order valence-corrected chi connectivity index (χ3v) is 2.55. The van der Waals surface area contributed by atoms with Crippen LogP contribution in [0, 0.1) is 11.6 Å². The molecule has 0 unspecified atom stereocenters. The molecule has 0 aliphatic rings. The Hall–Kier alpha value is -2.31. The molecule has 0 aromatic heterocycles. The minimum atomic E-state index is -4.67. The van der Waals surface area contributed by atoms with E-state index in [1.54, 1.807) is 0 Å². The van der Waals surface area contributed by atoms with Crippen molar-refractivity contribution in [3.8, 4) is 0 Å². The minimum Gasteiger partial charge on any atom is -0.399 e. The van der Waals surface area contributed by atoms with Gasteiger partial charge in [0.1, 0.15) is 11.6 Å². The lowest BCUT2D eigenvalue weighted by Crippen LogP contribution is -2.10. The summed E-state index contributed by atoms with van der Waals surface area (Å²) >= 11 is 0. The molecule has 3 N–H and O–H groups in total. The Balaban J connectivity index is 2.46. The Morgan fingerprint density at radius 2 is 1.60 bits per heavy atom. The van der Waals surface area contributed by atoms with Gasteiger partial charge in [0.15, 0.2) is 0 Å². The van der Waals surface area contributed by atoms with Crippen molar-refractivity contribution in [2.24, 2.45) is 0 Å². The summed E-state index contributed by atoms with van der Waals surface area (Å²) in [4.78, 5) is 0. The van der Waals surface area contributed by atoms with Crippen LogP contribution >= 0.6 is 0 Å². The van der Waals surface area contributed by atoms with Crippen LogP contribution in [0.15, 0.2) is 36.4 Å². The van der Waals surface area contributed by atoms with Crippen molar-refractivity contribution in [2.45, 2.75) is 6.18 Å². The van der Waals surface area contributed by atoms with E-state index < -0.39 is 29.1 Å². The fraction of sp³-hybridized carbons (Fsp3) is 0.0769. The largest absolute Gasteiger partial charge is 0.418 e. The summed E-state index contributed by atoms with van der Waals surface area (Å²) in [6.07, 6.45) is -4.67. The molecule has 0 heterocycles. The van der Waals surface area contributed by atoms with Crippen molar-refractivity contribution in [3.05, 3.63) is 53.6 Å². The van der Waals surface area contributed by atoms with Crippen molar-refractivity contribution < 1.29 is 22.0 Å². The number of alkyl halides is 3. The number of nitrogens with two attached hydrogens (primary N) is 1. The standard InChI is InChI=1S/C13H9F5N2/c14-7-1-3-10(15)12(5-7)20-11-4-2-8(19)6-9(11)13(16,17)18/h1-6,20H,19H2. The molecule has 7 heteroatoms. The van der Waals surface area contributed by atoms with Crippen LogP contribution < -0.4 is 11.1 Å². The van der Waals surface area contributed by atoms with Crippen LogP contribution in [-0.2, 0) is 6.18 Å². The molecule has 0 aliphatic heterocycles. The molecule has 2 rings (SSSR count). The van der Waals surface area contributed by atoms with Crippen molar-refractivity contribution >= 4 is 17.1 Å². The van der Waals surface area contributed by atoms with E-state index in [1.165, 1.54) is 6.07 Å². The van der Waals surface area contributed by atoms with Crippen LogP contribution in [0.3, 0.4) is 0 Å². The second kappa shape index (κ2) is 4.99. The lowest BCUT2D eigenvalue weighted by molar-refractivity contribution is -0.136. The van der Waals surface area contributed by atoms with Crippen LogP contribution in [0.2, 0.25) is 0 Å². The molecule has 0 saturated carbocycles. The second-order valence-electron chi connectivity index (χ2n) is 4.05. The number of benzene rings is 2. The molecule has 0 bridgehead atoms. The molecule has 2 aromatic rings. The molecule has 0 spiro atoms. The molecule has 106 valence electrons.